The van der Waals surface area contributed by atoms with Crippen LogP contribution < -0.4 is 14.9 Å². The Labute approximate surface area is 186 Å². The number of hydrogen-bond donors (Lipinski definition) is 0. The number of benzene rings is 2. The Morgan fingerprint density at radius 3 is 2.60 bits per heavy atom. The van der Waals surface area contributed by atoms with Crippen LogP contribution in [0.2, 0.25) is 10.0 Å². The predicted octanol–water partition coefficient (Wildman–Crippen LogP) is 3.72. The highest BCUT2D eigenvalue weighted by Gasteiger charge is 2.32. The van der Waals surface area contributed by atoms with Crippen molar-refractivity contribution >= 4 is 46.6 Å². The van der Waals surface area contributed by atoms with Crippen molar-refractivity contribution in [3.8, 4) is 0 Å². The molecule has 0 amide bonds. The third kappa shape index (κ3) is 3.62. The molecular formula is C22H16Cl2N2O3S. The zero-order valence-corrected chi connectivity index (χ0v) is 18.4. The number of allylic oxidation sites excluding steroid dienone is 1. The van der Waals surface area contributed by atoms with Gasteiger partial charge >= 0.3 is 5.97 Å². The third-order valence-corrected chi connectivity index (χ3v) is 6.34. The molecule has 1 aliphatic heterocycles. The second kappa shape index (κ2) is 8.22. The van der Waals surface area contributed by atoms with Crippen molar-refractivity contribution in [2.24, 2.45) is 4.99 Å². The van der Waals surface area contributed by atoms with E-state index in [9.17, 15) is 9.59 Å². The molecule has 0 unspecified atom stereocenters. The summed E-state index contributed by atoms with van der Waals surface area (Å²) in [6, 6.07) is 13.8. The van der Waals surface area contributed by atoms with E-state index in [1.807, 2.05) is 30.3 Å². The summed E-state index contributed by atoms with van der Waals surface area (Å²) in [7, 11) is 1.32. The van der Waals surface area contributed by atoms with Gasteiger partial charge in [-0.15, -0.1) is 0 Å². The number of hydrogen-bond acceptors (Lipinski definition) is 5. The molecule has 1 aliphatic rings. The number of rotatable bonds is 3. The maximum atomic E-state index is 13.4. The molecule has 0 N–H and O–H groups in total. The smallest absolute Gasteiger partial charge is 0.338 e. The zero-order chi connectivity index (χ0) is 21.4. The summed E-state index contributed by atoms with van der Waals surface area (Å²) < 4.78 is 6.98. The molecule has 0 fully saturated rings. The van der Waals surface area contributed by atoms with Gasteiger partial charge in [-0.2, -0.15) is 0 Å². The molecule has 0 radical (unpaired) electrons. The van der Waals surface area contributed by atoms with Crippen molar-refractivity contribution in [1.29, 1.82) is 0 Å². The van der Waals surface area contributed by atoms with E-state index in [2.05, 4.69) is 4.99 Å². The van der Waals surface area contributed by atoms with Crippen LogP contribution in [0.1, 0.15) is 24.1 Å². The molecule has 4 rings (SSSR count). The molecule has 0 aliphatic carbocycles. The summed E-state index contributed by atoms with van der Waals surface area (Å²) >= 11 is 13.5. The van der Waals surface area contributed by atoms with E-state index in [1.165, 1.54) is 23.0 Å². The lowest BCUT2D eigenvalue weighted by Gasteiger charge is -2.24. The first-order valence-corrected chi connectivity index (χ1v) is 10.6. The van der Waals surface area contributed by atoms with Gasteiger partial charge in [-0.25, -0.2) is 9.79 Å². The summed E-state index contributed by atoms with van der Waals surface area (Å²) in [6.45, 7) is 1.75. The lowest BCUT2D eigenvalue weighted by molar-refractivity contribution is -0.136. The van der Waals surface area contributed by atoms with Crippen molar-refractivity contribution in [3.63, 3.8) is 0 Å². The Morgan fingerprint density at radius 1 is 1.20 bits per heavy atom. The number of fused-ring (bicyclic) bond motifs is 1. The number of carbonyl (C=O) groups is 1. The number of ether oxygens (including phenoxy) is 1. The lowest BCUT2D eigenvalue weighted by Crippen LogP contribution is -2.39. The molecule has 2 aromatic carbocycles. The number of aromatic nitrogens is 1. The molecule has 5 nitrogen and oxygen atoms in total. The zero-order valence-electron chi connectivity index (χ0n) is 16.1. The van der Waals surface area contributed by atoms with Gasteiger partial charge in [-0.05, 0) is 36.3 Å². The first kappa shape index (κ1) is 20.6. The summed E-state index contributed by atoms with van der Waals surface area (Å²) in [4.78, 5) is 31.0. The minimum absolute atomic E-state index is 0.257. The fourth-order valence-electron chi connectivity index (χ4n) is 3.40. The molecule has 0 saturated carbocycles. The van der Waals surface area contributed by atoms with Gasteiger partial charge in [0.05, 0.1) is 29.0 Å². The molecule has 3 aromatic rings. The standard InChI is InChI=1S/C22H16Cl2N2O3S/c1-12-18(21(28)29-2)19(13-6-4-3-5-7-13)26-20(27)17(30-22(26)25-12)10-14-8-9-15(23)11-16(14)24/h3-11,19H,1-2H3/t19-/m0/s1. The van der Waals surface area contributed by atoms with Crippen LogP contribution in [0, 0.1) is 0 Å². The van der Waals surface area contributed by atoms with Gasteiger partial charge < -0.3 is 4.74 Å². The maximum Gasteiger partial charge on any atom is 0.338 e. The van der Waals surface area contributed by atoms with E-state index in [0.29, 0.717) is 36.2 Å². The van der Waals surface area contributed by atoms with Crippen molar-refractivity contribution in [1.82, 2.24) is 4.57 Å². The Bertz CT molecular complexity index is 1360. The summed E-state index contributed by atoms with van der Waals surface area (Å²) in [6.07, 6.45) is 1.71. The van der Waals surface area contributed by atoms with E-state index < -0.39 is 12.0 Å². The molecule has 0 spiro atoms. The van der Waals surface area contributed by atoms with Crippen LogP contribution in [0.25, 0.3) is 6.08 Å². The van der Waals surface area contributed by atoms with Crippen LogP contribution in [0.4, 0.5) is 0 Å². The second-order valence-corrected chi connectivity index (χ2v) is 8.50. The van der Waals surface area contributed by atoms with Gasteiger partial charge in [0.15, 0.2) is 4.80 Å². The molecule has 152 valence electrons. The van der Waals surface area contributed by atoms with Crippen LogP contribution in [0.5, 0.6) is 0 Å². The SMILES string of the molecule is COC(=O)C1=C(C)N=c2sc(=Cc3ccc(Cl)cc3Cl)c(=O)n2[C@H]1c1ccccc1. The molecule has 2 heterocycles. The quantitative estimate of drug-likeness (QED) is 0.561. The van der Waals surface area contributed by atoms with Crippen LogP contribution >= 0.6 is 34.5 Å². The number of methoxy groups -OCH3 is 1. The van der Waals surface area contributed by atoms with Crippen molar-refractivity contribution in [2.75, 3.05) is 7.11 Å². The van der Waals surface area contributed by atoms with Crippen LogP contribution in [0.15, 0.2) is 69.6 Å². The highest BCUT2D eigenvalue weighted by Crippen LogP contribution is 2.30. The molecule has 30 heavy (non-hydrogen) atoms. The van der Waals surface area contributed by atoms with Crippen LogP contribution in [-0.4, -0.2) is 17.6 Å². The Morgan fingerprint density at radius 2 is 1.93 bits per heavy atom. The Kier molecular flexibility index (Phi) is 5.64. The molecule has 8 heteroatoms. The fourth-order valence-corrected chi connectivity index (χ4v) is 4.90. The van der Waals surface area contributed by atoms with Gasteiger partial charge in [0.1, 0.15) is 0 Å². The highest BCUT2D eigenvalue weighted by molar-refractivity contribution is 7.07. The van der Waals surface area contributed by atoms with Gasteiger partial charge in [0.25, 0.3) is 5.56 Å². The Balaban J connectivity index is 1.98. The second-order valence-electron chi connectivity index (χ2n) is 6.65. The van der Waals surface area contributed by atoms with Crippen molar-refractivity contribution in [2.45, 2.75) is 13.0 Å². The number of thiazole rings is 1. The minimum atomic E-state index is -0.627. The van der Waals surface area contributed by atoms with Gasteiger partial charge in [-0.3, -0.25) is 9.36 Å². The first-order chi connectivity index (χ1) is 14.4. The summed E-state index contributed by atoms with van der Waals surface area (Å²) in [5, 5.41) is 0.959. The Hall–Kier alpha value is -2.67. The van der Waals surface area contributed by atoms with Gasteiger partial charge in [-0.1, -0.05) is 70.9 Å². The maximum absolute atomic E-state index is 13.4. The van der Waals surface area contributed by atoms with Crippen molar-refractivity contribution < 1.29 is 9.53 Å². The average Bonchev–Trinajstić information content (AvgIpc) is 3.04. The van der Waals surface area contributed by atoms with E-state index in [0.717, 1.165) is 5.56 Å². The molecule has 0 saturated heterocycles. The summed E-state index contributed by atoms with van der Waals surface area (Å²) in [5.74, 6) is -0.514. The largest absolute Gasteiger partial charge is 0.466 e. The van der Waals surface area contributed by atoms with Crippen LogP contribution in [0.3, 0.4) is 0 Å². The molecule has 1 aromatic heterocycles. The van der Waals surface area contributed by atoms with Crippen molar-refractivity contribution in [3.05, 3.63) is 101 Å². The third-order valence-electron chi connectivity index (χ3n) is 4.79. The van der Waals surface area contributed by atoms with E-state index >= 15 is 0 Å². The number of carbonyl (C=O) groups excluding carboxylic acids is 1. The van der Waals surface area contributed by atoms with E-state index in [-0.39, 0.29) is 5.56 Å². The molecular weight excluding hydrogens is 443 g/mol. The number of esters is 1. The topological polar surface area (TPSA) is 60.7 Å². The van der Waals surface area contributed by atoms with E-state index in [4.69, 9.17) is 27.9 Å². The number of nitrogens with zero attached hydrogens (tertiary/aromatic N) is 2. The number of halogens is 2. The lowest BCUT2D eigenvalue weighted by atomic mass is 9.96. The first-order valence-electron chi connectivity index (χ1n) is 9.01. The summed E-state index contributed by atoms with van der Waals surface area (Å²) in [5.41, 5.74) is 2.07. The normalized spacial score (nSPS) is 16.3. The van der Waals surface area contributed by atoms with Crippen LogP contribution in [-0.2, 0) is 9.53 Å². The molecule has 0 bridgehead atoms. The molecule has 1 atom stereocenters. The van der Waals surface area contributed by atoms with Gasteiger partial charge in [0, 0.05) is 10.0 Å². The predicted molar refractivity (Wildman–Crippen MR) is 119 cm³/mol. The average molecular weight is 459 g/mol. The van der Waals surface area contributed by atoms with E-state index in [1.54, 1.807) is 31.2 Å². The van der Waals surface area contributed by atoms with Gasteiger partial charge in [0.2, 0.25) is 0 Å². The fraction of sp³-hybridized carbons (Fsp3) is 0.136. The highest BCUT2D eigenvalue weighted by atomic mass is 35.5. The minimum Gasteiger partial charge on any atom is -0.466 e. The monoisotopic (exact) mass is 458 g/mol.